The highest BCUT2D eigenvalue weighted by atomic mass is 19.4. The summed E-state index contributed by atoms with van der Waals surface area (Å²) >= 11 is 0. The van der Waals surface area contributed by atoms with E-state index in [9.17, 15) is 18.0 Å². The van der Waals surface area contributed by atoms with Gasteiger partial charge in [0.25, 0.3) is 0 Å². The molecule has 0 radical (unpaired) electrons. The molecule has 0 rings (SSSR count). The molecule has 0 spiro atoms. The zero-order valence-corrected chi connectivity index (χ0v) is 6.80. The molecule has 3 nitrogen and oxygen atoms in total. The van der Waals surface area contributed by atoms with Crippen LogP contribution in [0, 0.1) is 0 Å². The third-order valence-electron chi connectivity index (χ3n) is 1.13. The predicted octanol–water partition coefficient (Wildman–Crippen LogP) is 0.866. The van der Waals surface area contributed by atoms with E-state index in [4.69, 9.17) is 0 Å². The normalized spacial score (nSPS) is 13.5. The lowest BCUT2D eigenvalue weighted by Crippen LogP contribution is -2.32. The molecule has 1 amide bonds. The number of hydrogen-bond donors (Lipinski definition) is 1. The van der Waals surface area contributed by atoms with Crippen LogP contribution in [0.4, 0.5) is 13.2 Å². The van der Waals surface area contributed by atoms with E-state index < -0.39 is 18.8 Å². The summed E-state index contributed by atoms with van der Waals surface area (Å²) in [5, 5.41) is 2.23. The van der Waals surface area contributed by atoms with E-state index in [0.29, 0.717) is 6.41 Å². The van der Waals surface area contributed by atoms with Gasteiger partial charge in [0.05, 0.1) is 12.6 Å². The summed E-state index contributed by atoms with van der Waals surface area (Å²) in [4.78, 5) is 9.90. The Morgan fingerprint density at radius 1 is 1.54 bits per heavy atom. The molecule has 13 heavy (non-hydrogen) atoms. The lowest BCUT2D eigenvalue weighted by atomic mass is 10.3. The zero-order chi connectivity index (χ0) is 10.3. The lowest BCUT2D eigenvalue weighted by Gasteiger charge is -2.12. The van der Waals surface area contributed by atoms with Crippen LogP contribution >= 0.6 is 0 Å². The molecule has 1 N–H and O–H groups in total. The summed E-state index contributed by atoms with van der Waals surface area (Å²) in [7, 11) is 0. The van der Waals surface area contributed by atoms with Gasteiger partial charge in [0.2, 0.25) is 6.41 Å². The van der Waals surface area contributed by atoms with Crippen LogP contribution in [0.25, 0.3) is 0 Å². The van der Waals surface area contributed by atoms with E-state index in [-0.39, 0.29) is 6.61 Å². The van der Waals surface area contributed by atoms with Crippen LogP contribution in [0.5, 0.6) is 0 Å². The van der Waals surface area contributed by atoms with Gasteiger partial charge >= 0.3 is 6.18 Å². The van der Waals surface area contributed by atoms with Crippen LogP contribution in [-0.2, 0) is 9.53 Å². The van der Waals surface area contributed by atoms with E-state index in [1.54, 1.807) is 0 Å². The molecule has 1 unspecified atom stereocenters. The highest BCUT2D eigenvalue weighted by Crippen LogP contribution is 2.14. The first-order valence-electron chi connectivity index (χ1n) is 3.46. The molecule has 0 aromatic heterocycles. The molecule has 6 heteroatoms. The van der Waals surface area contributed by atoms with Crippen LogP contribution in [0.2, 0.25) is 0 Å². The molecule has 0 aliphatic rings. The molecule has 0 heterocycles. The monoisotopic (exact) mass is 197 g/mol. The van der Waals surface area contributed by atoms with Crippen molar-refractivity contribution in [2.45, 2.75) is 12.2 Å². The largest absolute Gasteiger partial charge is 0.411 e. The Kier molecular flexibility index (Phi) is 5.13. The minimum atomic E-state index is -4.34. The summed E-state index contributed by atoms with van der Waals surface area (Å²) in [6.07, 6.45) is -2.67. The number of ether oxygens (including phenoxy) is 1. The number of hydrogen-bond acceptors (Lipinski definition) is 2. The molecule has 0 aromatic carbocycles. The minimum Gasteiger partial charge on any atom is -0.370 e. The van der Waals surface area contributed by atoms with Crippen molar-refractivity contribution in [1.29, 1.82) is 0 Å². The Hall–Kier alpha value is -1.04. The molecule has 0 saturated heterocycles. The van der Waals surface area contributed by atoms with E-state index in [1.807, 2.05) is 0 Å². The van der Waals surface area contributed by atoms with Gasteiger partial charge in [0.1, 0.15) is 6.61 Å². The molecule has 0 aliphatic heterocycles. The van der Waals surface area contributed by atoms with Crippen LogP contribution in [0.3, 0.4) is 0 Å². The molecular weight excluding hydrogens is 187 g/mol. The van der Waals surface area contributed by atoms with Gasteiger partial charge < -0.3 is 10.1 Å². The number of amides is 1. The fraction of sp³-hybridized carbons (Fsp3) is 0.571. The fourth-order valence-electron chi connectivity index (χ4n) is 0.573. The smallest absolute Gasteiger partial charge is 0.370 e. The summed E-state index contributed by atoms with van der Waals surface area (Å²) < 4.78 is 39.0. The minimum absolute atomic E-state index is 0.234. The van der Waals surface area contributed by atoms with Gasteiger partial charge in [-0.05, 0) is 0 Å². The van der Waals surface area contributed by atoms with Crippen LogP contribution in [0.1, 0.15) is 0 Å². The quantitative estimate of drug-likeness (QED) is 0.506. The second kappa shape index (κ2) is 5.58. The fourth-order valence-corrected chi connectivity index (χ4v) is 0.573. The van der Waals surface area contributed by atoms with Crippen molar-refractivity contribution >= 4 is 6.41 Å². The van der Waals surface area contributed by atoms with Gasteiger partial charge in [0.15, 0.2) is 0 Å². The number of halogens is 3. The predicted molar refractivity (Wildman–Crippen MR) is 40.1 cm³/mol. The van der Waals surface area contributed by atoms with Crippen molar-refractivity contribution in [3.63, 3.8) is 0 Å². The Morgan fingerprint density at radius 2 is 2.15 bits per heavy atom. The van der Waals surface area contributed by atoms with Crippen molar-refractivity contribution in [2.24, 2.45) is 0 Å². The maximum absolute atomic E-state index is 11.6. The molecule has 0 aliphatic carbocycles. The van der Waals surface area contributed by atoms with Crippen molar-refractivity contribution in [2.75, 3.05) is 13.2 Å². The molecule has 76 valence electrons. The molecule has 1 atom stereocenters. The van der Waals surface area contributed by atoms with Gasteiger partial charge in [0, 0.05) is 0 Å². The van der Waals surface area contributed by atoms with Crippen molar-refractivity contribution in [1.82, 2.24) is 5.32 Å². The van der Waals surface area contributed by atoms with E-state index in [1.165, 1.54) is 6.08 Å². The highest BCUT2D eigenvalue weighted by molar-refractivity contribution is 5.47. The first-order chi connectivity index (χ1) is 5.99. The highest BCUT2D eigenvalue weighted by Gasteiger charge is 2.27. The average molecular weight is 197 g/mol. The molecular formula is C7H10F3NO2. The van der Waals surface area contributed by atoms with Crippen molar-refractivity contribution < 1.29 is 22.7 Å². The number of rotatable bonds is 6. The van der Waals surface area contributed by atoms with E-state index in [0.717, 1.165) is 0 Å². The second-order valence-electron chi connectivity index (χ2n) is 2.26. The average Bonchev–Trinajstić information content (AvgIpc) is 2.01. The number of carbonyl (C=O) groups excluding carboxylic acids is 1. The molecule has 0 bridgehead atoms. The van der Waals surface area contributed by atoms with E-state index >= 15 is 0 Å². The maximum Gasteiger partial charge on any atom is 0.411 e. The zero-order valence-electron chi connectivity index (χ0n) is 6.80. The molecule has 0 saturated carbocycles. The summed E-state index contributed by atoms with van der Waals surface area (Å²) in [6.45, 7) is 1.76. The molecule has 0 aromatic rings. The van der Waals surface area contributed by atoms with Crippen molar-refractivity contribution in [3.8, 4) is 0 Å². The van der Waals surface area contributed by atoms with Gasteiger partial charge in [-0.2, -0.15) is 13.2 Å². The second-order valence-corrected chi connectivity index (χ2v) is 2.26. The van der Waals surface area contributed by atoms with Crippen LogP contribution in [0.15, 0.2) is 12.7 Å². The first-order valence-corrected chi connectivity index (χ1v) is 3.46. The van der Waals surface area contributed by atoms with Crippen LogP contribution in [-0.4, -0.2) is 31.8 Å². The number of carbonyl (C=O) groups is 1. The van der Waals surface area contributed by atoms with Gasteiger partial charge in [-0.15, -0.1) is 6.58 Å². The summed E-state index contributed by atoms with van der Waals surface area (Å²) in [5.41, 5.74) is 0. The standard InChI is InChI=1S/C7H10F3NO2/c1-2-6(11-5-12)3-13-4-7(8,9)10/h2,5-6H,1,3-4H2,(H,11,12). The molecule has 0 fully saturated rings. The van der Waals surface area contributed by atoms with Gasteiger partial charge in [-0.1, -0.05) is 6.08 Å². The Morgan fingerprint density at radius 3 is 2.54 bits per heavy atom. The Bertz CT molecular complexity index is 170. The first kappa shape index (κ1) is 12.0. The van der Waals surface area contributed by atoms with Gasteiger partial charge in [-0.3, -0.25) is 4.79 Å². The van der Waals surface area contributed by atoms with Crippen molar-refractivity contribution in [3.05, 3.63) is 12.7 Å². The summed E-state index contributed by atoms with van der Waals surface area (Å²) in [5.74, 6) is 0. The van der Waals surface area contributed by atoms with Gasteiger partial charge in [-0.25, -0.2) is 0 Å². The third kappa shape index (κ3) is 7.32. The maximum atomic E-state index is 11.6. The SMILES string of the molecule is C=CC(COCC(F)(F)F)NC=O. The number of nitrogens with one attached hydrogen (secondary N) is 1. The topological polar surface area (TPSA) is 38.3 Å². The lowest BCUT2D eigenvalue weighted by molar-refractivity contribution is -0.174. The third-order valence-corrected chi connectivity index (χ3v) is 1.13. The Balaban J connectivity index is 3.60. The van der Waals surface area contributed by atoms with Crippen LogP contribution < -0.4 is 5.32 Å². The number of alkyl halides is 3. The summed E-state index contributed by atoms with van der Waals surface area (Å²) in [6, 6.07) is -0.583. The van der Waals surface area contributed by atoms with E-state index in [2.05, 4.69) is 16.6 Å². The Labute approximate surface area is 73.6 Å².